The minimum absolute atomic E-state index is 0.0560. The van der Waals surface area contributed by atoms with Crippen molar-refractivity contribution in [1.82, 2.24) is 9.97 Å². The number of hydrogen-bond donors (Lipinski definition) is 2. The third-order valence-corrected chi connectivity index (χ3v) is 11.4. The number of aliphatic carboxylic acids is 1. The fourth-order valence-corrected chi connectivity index (χ4v) is 5.13. The molecular formula is C25H31ClN2O4Si. The van der Waals surface area contributed by atoms with Crippen LogP contribution < -0.4 is 0 Å². The van der Waals surface area contributed by atoms with Crippen molar-refractivity contribution in [3.63, 3.8) is 0 Å². The summed E-state index contributed by atoms with van der Waals surface area (Å²) in [5, 5.41) is 10.9. The first-order valence-electron chi connectivity index (χ1n) is 11.0. The van der Waals surface area contributed by atoms with Gasteiger partial charge in [-0.2, -0.15) is 0 Å². The number of nitrogens with zero attached hydrogens (tertiary/aromatic N) is 1. The van der Waals surface area contributed by atoms with Crippen molar-refractivity contribution in [2.24, 2.45) is 0 Å². The number of carboxylic acid groups (broad SMARTS) is 1. The van der Waals surface area contributed by atoms with Crippen molar-refractivity contribution in [3.8, 4) is 0 Å². The van der Waals surface area contributed by atoms with Crippen molar-refractivity contribution in [3.05, 3.63) is 64.1 Å². The van der Waals surface area contributed by atoms with Gasteiger partial charge in [0.05, 0.1) is 17.7 Å². The molecule has 3 rings (SSSR count). The highest BCUT2D eigenvalue weighted by molar-refractivity contribution is 6.74. The van der Waals surface area contributed by atoms with Crippen LogP contribution in [0.4, 0.5) is 0 Å². The van der Waals surface area contributed by atoms with Gasteiger partial charge in [0.1, 0.15) is 5.69 Å². The highest BCUT2D eigenvalue weighted by Crippen LogP contribution is 2.40. The molecule has 2 atom stereocenters. The maximum absolute atomic E-state index is 13.5. The second-order valence-corrected chi connectivity index (χ2v) is 15.2. The first kappa shape index (κ1) is 25.1. The maximum Gasteiger partial charge on any atom is 0.310 e. The second-order valence-electron chi connectivity index (χ2n) is 9.99. The Labute approximate surface area is 200 Å². The lowest BCUT2D eigenvalue weighted by atomic mass is 9.95. The van der Waals surface area contributed by atoms with E-state index < -0.39 is 20.2 Å². The van der Waals surface area contributed by atoms with Crippen molar-refractivity contribution in [2.75, 3.05) is 0 Å². The number of H-pyrrole nitrogens is 1. The van der Waals surface area contributed by atoms with Crippen LogP contribution >= 0.6 is 11.6 Å². The smallest absolute Gasteiger partial charge is 0.310 e. The molecule has 3 aromatic rings. The first-order valence-corrected chi connectivity index (χ1v) is 14.2. The Morgan fingerprint density at radius 2 is 1.82 bits per heavy atom. The predicted octanol–water partition coefficient (Wildman–Crippen LogP) is 6.72. The summed E-state index contributed by atoms with van der Waals surface area (Å²) in [6.07, 6.45) is 1.38. The quantitative estimate of drug-likeness (QED) is 0.285. The number of halogens is 1. The molecule has 2 aromatic heterocycles. The number of aromatic nitrogens is 2. The molecule has 1 aromatic carbocycles. The molecular weight excluding hydrogens is 456 g/mol. The first-order chi connectivity index (χ1) is 15.2. The standard InChI is InChI=1S/C25H31ClN2O4Si/c1-14(24(30)31)21-18-9-8-17(26)13-19(18)28-22(21)23(29)20-12-16(10-11-27-20)15(2)32-33(6,7)25(3,4)5/h8-15,28H,1-7H3,(H,30,31). The molecule has 2 N–H and O–H groups in total. The zero-order valence-electron chi connectivity index (χ0n) is 20.1. The van der Waals surface area contributed by atoms with Crippen molar-refractivity contribution >= 4 is 42.6 Å². The minimum Gasteiger partial charge on any atom is -0.481 e. The Kier molecular flexibility index (Phi) is 6.89. The molecule has 0 fully saturated rings. The van der Waals surface area contributed by atoms with Gasteiger partial charge >= 0.3 is 5.97 Å². The molecule has 0 aliphatic heterocycles. The van der Waals surface area contributed by atoms with E-state index in [-0.39, 0.29) is 28.3 Å². The van der Waals surface area contributed by atoms with Crippen LogP contribution in [0.25, 0.3) is 10.9 Å². The predicted molar refractivity (Wildman–Crippen MR) is 134 cm³/mol. The van der Waals surface area contributed by atoms with Gasteiger partial charge in [-0.25, -0.2) is 0 Å². The van der Waals surface area contributed by atoms with Crippen LogP contribution in [0.15, 0.2) is 36.5 Å². The van der Waals surface area contributed by atoms with Gasteiger partial charge in [-0.3, -0.25) is 14.6 Å². The summed E-state index contributed by atoms with van der Waals surface area (Å²) in [5.41, 5.74) is 2.33. The van der Waals surface area contributed by atoms with E-state index in [1.54, 1.807) is 37.4 Å². The third-order valence-electron chi connectivity index (χ3n) is 6.59. The van der Waals surface area contributed by atoms with Gasteiger partial charge in [0.25, 0.3) is 0 Å². The van der Waals surface area contributed by atoms with Crippen LogP contribution in [0.3, 0.4) is 0 Å². The fourth-order valence-electron chi connectivity index (χ4n) is 3.58. The maximum atomic E-state index is 13.5. The van der Waals surface area contributed by atoms with Crippen LogP contribution in [-0.4, -0.2) is 35.1 Å². The molecule has 8 heteroatoms. The molecule has 0 saturated carbocycles. The molecule has 0 aliphatic carbocycles. The highest BCUT2D eigenvalue weighted by atomic mass is 35.5. The fraction of sp³-hybridized carbons (Fsp3) is 0.400. The van der Waals surface area contributed by atoms with E-state index in [4.69, 9.17) is 16.0 Å². The molecule has 0 aliphatic rings. The largest absolute Gasteiger partial charge is 0.481 e. The van der Waals surface area contributed by atoms with E-state index in [1.807, 2.05) is 13.0 Å². The number of aromatic amines is 1. The average Bonchev–Trinajstić information content (AvgIpc) is 3.09. The number of carboxylic acids is 1. The molecule has 0 spiro atoms. The van der Waals surface area contributed by atoms with E-state index >= 15 is 0 Å². The number of carbonyl (C=O) groups is 2. The third kappa shape index (κ3) is 5.05. The van der Waals surface area contributed by atoms with Gasteiger partial charge in [0, 0.05) is 27.7 Å². The van der Waals surface area contributed by atoms with E-state index in [2.05, 4.69) is 43.8 Å². The van der Waals surface area contributed by atoms with Gasteiger partial charge < -0.3 is 14.5 Å². The number of benzene rings is 1. The van der Waals surface area contributed by atoms with Crippen molar-refractivity contribution < 1.29 is 19.1 Å². The molecule has 2 unspecified atom stereocenters. The van der Waals surface area contributed by atoms with E-state index in [1.165, 1.54) is 0 Å². The van der Waals surface area contributed by atoms with Gasteiger partial charge in [-0.05, 0) is 61.8 Å². The Morgan fingerprint density at radius 1 is 1.15 bits per heavy atom. The highest BCUT2D eigenvalue weighted by Gasteiger charge is 2.38. The molecule has 0 bridgehead atoms. The molecule has 176 valence electrons. The zero-order chi connectivity index (χ0) is 24.7. The summed E-state index contributed by atoms with van der Waals surface area (Å²) in [6, 6.07) is 8.68. The van der Waals surface area contributed by atoms with Crippen LogP contribution in [0.2, 0.25) is 23.2 Å². The lowest BCUT2D eigenvalue weighted by Crippen LogP contribution is -2.41. The van der Waals surface area contributed by atoms with Crippen LogP contribution in [0.1, 0.15) is 73.9 Å². The Morgan fingerprint density at radius 3 is 2.42 bits per heavy atom. The summed E-state index contributed by atoms with van der Waals surface area (Å²) in [6.45, 7) is 14.5. The van der Waals surface area contributed by atoms with Crippen LogP contribution in [0, 0.1) is 0 Å². The summed E-state index contributed by atoms with van der Waals surface area (Å²) in [7, 11) is -2.01. The minimum atomic E-state index is -2.01. The Bertz CT molecular complexity index is 1210. The number of carbonyl (C=O) groups excluding carboxylic acids is 1. The zero-order valence-corrected chi connectivity index (χ0v) is 21.9. The number of rotatable bonds is 7. The van der Waals surface area contributed by atoms with Gasteiger partial charge in [0.2, 0.25) is 5.78 Å². The van der Waals surface area contributed by atoms with Crippen LogP contribution in [0.5, 0.6) is 0 Å². The number of fused-ring (bicyclic) bond motifs is 1. The van der Waals surface area contributed by atoms with E-state index in [0.29, 0.717) is 21.5 Å². The number of nitrogens with one attached hydrogen (secondary N) is 1. The van der Waals surface area contributed by atoms with E-state index in [9.17, 15) is 14.7 Å². The SMILES string of the molecule is CC(O[Si](C)(C)C(C)(C)C)c1ccnc(C(=O)c2[nH]c3cc(Cl)ccc3c2C(C)C(=O)O)c1. The Hall–Kier alpha value is -2.48. The van der Waals surface area contributed by atoms with Crippen LogP contribution in [-0.2, 0) is 9.22 Å². The summed E-state index contributed by atoms with van der Waals surface area (Å²) < 4.78 is 6.48. The number of ketones is 1. The van der Waals surface area contributed by atoms with Crippen molar-refractivity contribution in [1.29, 1.82) is 0 Å². The summed E-state index contributed by atoms with van der Waals surface area (Å²) >= 11 is 6.12. The molecule has 0 amide bonds. The van der Waals surface area contributed by atoms with Crippen molar-refractivity contribution in [2.45, 2.75) is 64.8 Å². The second kappa shape index (κ2) is 9.04. The molecule has 0 radical (unpaired) electrons. The number of hydrogen-bond acceptors (Lipinski definition) is 4. The topological polar surface area (TPSA) is 92.3 Å². The molecule has 33 heavy (non-hydrogen) atoms. The molecule has 6 nitrogen and oxygen atoms in total. The van der Waals surface area contributed by atoms with E-state index in [0.717, 1.165) is 5.56 Å². The van der Waals surface area contributed by atoms with Gasteiger partial charge in [-0.1, -0.05) is 38.4 Å². The Balaban J connectivity index is 2.03. The summed E-state index contributed by atoms with van der Waals surface area (Å²) in [5.74, 6) is -2.27. The monoisotopic (exact) mass is 486 g/mol. The summed E-state index contributed by atoms with van der Waals surface area (Å²) in [4.78, 5) is 32.7. The lowest BCUT2D eigenvalue weighted by molar-refractivity contribution is -0.138. The lowest BCUT2D eigenvalue weighted by Gasteiger charge is -2.38. The van der Waals surface area contributed by atoms with Gasteiger partial charge in [0.15, 0.2) is 8.32 Å². The van der Waals surface area contributed by atoms with Gasteiger partial charge in [-0.15, -0.1) is 0 Å². The molecule has 0 saturated heterocycles. The average molecular weight is 487 g/mol. The number of pyridine rings is 1. The molecule has 2 heterocycles. The normalized spacial score (nSPS) is 14.3.